The molecule has 210 valence electrons. The van der Waals surface area contributed by atoms with Crippen LogP contribution < -0.4 is 15.5 Å². The van der Waals surface area contributed by atoms with Gasteiger partial charge in [0.2, 0.25) is 0 Å². The molecule has 0 aliphatic carbocycles. The van der Waals surface area contributed by atoms with Gasteiger partial charge in [-0.05, 0) is 55.9 Å². The Morgan fingerprint density at radius 1 is 0.974 bits per heavy atom. The van der Waals surface area contributed by atoms with Crippen molar-refractivity contribution in [3.63, 3.8) is 0 Å². The van der Waals surface area contributed by atoms with E-state index in [0.717, 1.165) is 37.4 Å². The first-order chi connectivity index (χ1) is 18.2. The van der Waals surface area contributed by atoms with Crippen molar-refractivity contribution in [2.45, 2.75) is 19.5 Å². The molecule has 4 N–H and O–H groups in total. The number of imidazole rings is 1. The van der Waals surface area contributed by atoms with Crippen LogP contribution in [0, 0.1) is 6.92 Å². The summed E-state index contributed by atoms with van der Waals surface area (Å²) in [5, 5.41) is 12.2. The lowest BCUT2D eigenvalue weighted by Crippen LogP contribution is -2.44. The third-order valence-electron chi connectivity index (χ3n) is 5.71. The summed E-state index contributed by atoms with van der Waals surface area (Å²) in [5.41, 5.74) is 3.62. The van der Waals surface area contributed by atoms with Crippen molar-refractivity contribution in [3.8, 4) is 0 Å². The standard InChI is InChI=1S/C22H24F2N6O2.C2HF3O2/c1-13-11-14(4-6-18(13)30-9-7-29(2)8-10-30)25-21(31)22(32)26-15-3-5-16-17(12-15)28-20(27-16)19(23)24;3-2(4,5)1(6)7/h3-6,11-12,19H,7-10H2,1-2H3,(H,25,31)(H,26,32)(H,27,28);(H,6,7). The smallest absolute Gasteiger partial charge is 0.475 e. The number of carbonyl (C=O) groups is 3. The Balaban J connectivity index is 0.000000532. The highest BCUT2D eigenvalue weighted by Gasteiger charge is 2.38. The van der Waals surface area contributed by atoms with Crippen molar-refractivity contribution in [1.29, 1.82) is 0 Å². The number of piperazine rings is 1. The van der Waals surface area contributed by atoms with Gasteiger partial charge in [-0.15, -0.1) is 0 Å². The molecule has 0 radical (unpaired) electrons. The number of hydrogen-bond acceptors (Lipinski definition) is 6. The molecule has 0 bridgehead atoms. The minimum absolute atomic E-state index is 0.295. The number of carboxylic acid groups (broad SMARTS) is 1. The highest BCUT2D eigenvalue weighted by atomic mass is 19.4. The van der Waals surface area contributed by atoms with Crippen molar-refractivity contribution < 1.29 is 41.4 Å². The number of halogens is 5. The van der Waals surface area contributed by atoms with Gasteiger partial charge in [-0.2, -0.15) is 13.2 Å². The third-order valence-corrected chi connectivity index (χ3v) is 5.71. The van der Waals surface area contributed by atoms with Crippen molar-refractivity contribution in [3.05, 3.63) is 47.8 Å². The van der Waals surface area contributed by atoms with Gasteiger partial charge in [-0.1, -0.05) is 0 Å². The molecule has 1 aliphatic rings. The Bertz CT molecular complexity index is 1350. The zero-order chi connectivity index (χ0) is 28.9. The van der Waals surface area contributed by atoms with Gasteiger partial charge in [0, 0.05) is 43.2 Å². The van der Waals surface area contributed by atoms with Crippen molar-refractivity contribution in [2.24, 2.45) is 0 Å². The lowest BCUT2D eigenvalue weighted by molar-refractivity contribution is -0.192. The number of H-pyrrole nitrogens is 1. The van der Waals surface area contributed by atoms with E-state index in [-0.39, 0.29) is 0 Å². The first kappa shape index (κ1) is 29.3. The number of nitrogens with zero attached hydrogens (tertiary/aromatic N) is 3. The fourth-order valence-electron chi connectivity index (χ4n) is 3.72. The molecule has 0 atom stereocenters. The number of aliphatic carboxylic acids is 1. The second-order valence-electron chi connectivity index (χ2n) is 8.66. The highest BCUT2D eigenvalue weighted by molar-refractivity contribution is 6.43. The number of aryl methyl sites for hydroxylation is 1. The molecule has 3 aromatic rings. The molecule has 0 saturated carbocycles. The molecule has 1 aliphatic heterocycles. The molecular formula is C24H25F5N6O4. The van der Waals surface area contributed by atoms with Crippen LogP contribution in [-0.4, -0.2) is 77.2 Å². The monoisotopic (exact) mass is 556 g/mol. The zero-order valence-electron chi connectivity index (χ0n) is 20.8. The predicted molar refractivity (Wildman–Crippen MR) is 133 cm³/mol. The number of carbonyl (C=O) groups excluding carboxylic acids is 2. The third kappa shape index (κ3) is 7.86. The number of alkyl halides is 5. The number of aromatic nitrogens is 2. The quantitative estimate of drug-likeness (QED) is 0.284. The SMILES string of the molecule is Cc1cc(NC(=O)C(=O)Nc2ccc3nc(C(F)F)[nH]c3c2)ccc1N1CCN(C)CC1.O=C(O)C(F)(F)F. The van der Waals surface area contributed by atoms with Crippen LogP contribution in [-0.2, 0) is 14.4 Å². The Morgan fingerprint density at radius 2 is 1.51 bits per heavy atom. The number of rotatable bonds is 4. The van der Waals surface area contributed by atoms with Crippen LogP contribution in [0.1, 0.15) is 17.8 Å². The molecular weight excluding hydrogens is 531 g/mol. The maximum absolute atomic E-state index is 12.8. The van der Waals surface area contributed by atoms with E-state index >= 15 is 0 Å². The maximum atomic E-state index is 12.8. The zero-order valence-corrected chi connectivity index (χ0v) is 20.8. The van der Waals surface area contributed by atoms with Gasteiger partial charge in [0.25, 0.3) is 6.43 Å². The lowest BCUT2D eigenvalue weighted by Gasteiger charge is -2.35. The summed E-state index contributed by atoms with van der Waals surface area (Å²) in [7, 11) is 2.10. The Morgan fingerprint density at radius 3 is 2.03 bits per heavy atom. The normalized spacial score (nSPS) is 14.1. The van der Waals surface area contributed by atoms with Crippen LogP contribution in [0.4, 0.5) is 39.0 Å². The highest BCUT2D eigenvalue weighted by Crippen LogP contribution is 2.25. The van der Waals surface area contributed by atoms with E-state index in [0.29, 0.717) is 22.4 Å². The van der Waals surface area contributed by atoms with Gasteiger partial charge >= 0.3 is 24.0 Å². The van der Waals surface area contributed by atoms with Crippen LogP contribution in [0.15, 0.2) is 36.4 Å². The molecule has 1 aromatic heterocycles. The summed E-state index contributed by atoms with van der Waals surface area (Å²) < 4.78 is 57.3. The maximum Gasteiger partial charge on any atom is 0.490 e. The van der Waals surface area contributed by atoms with E-state index in [1.165, 1.54) is 18.2 Å². The number of amides is 2. The molecule has 0 spiro atoms. The first-order valence-corrected chi connectivity index (χ1v) is 11.5. The summed E-state index contributed by atoms with van der Waals surface area (Å²) in [4.78, 5) is 44.4. The van der Waals surface area contributed by atoms with Crippen molar-refractivity contribution >= 4 is 45.9 Å². The molecule has 4 rings (SSSR count). The molecule has 15 heteroatoms. The number of benzene rings is 2. The second-order valence-corrected chi connectivity index (χ2v) is 8.66. The fourth-order valence-corrected chi connectivity index (χ4v) is 3.72. The van der Waals surface area contributed by atoms with Crippen LogP contribution in [0.3, 0.4) is 0 Å². The van der Waals surface area contributed by atoms with Gasteiger partial charge in [-0.25, -0.2) is 18.6 Å². The van der Waals surface area contributed by atoms with E-state index in [2.05, 4.69) is 37.4 Å². The Hall–Kier alpha value is -4.27. The summed E-state index contributed by atoms with van der Waals surface area (Å²) in [6.45, 7) is 5.82. The largest absolute Gasteiger partial charge is 0.490 e. The summed E-state index contributed by atoms with van der Waals surface area (Å²) >= 11 is 0. The van der Waals surface area contributed by atoms with Crippen LogP contribution in [0.2, 0.25) is 0 Å². The average Bonchev–Trinajstić information content (AvgIpc) is 3.29. The number of nitrogens with one attached hydrogen (secondary N) is 3. The van der Waals surface area contributed by atoms with Crippen LogP contribution in [0.25, 0.3) is 11.0 Å². The van der Waals surface area contributed by atoms with Crippen molar-refractivity contribution in [1.82, 2.24) is 14.9 Å². The Labute approximate surface area is 218 Å². The molecule has 0 unspecified atom stereocenters. The number of anilines is 3. The Kier molecular flexibility index (Phi) is 9.06. The molecule has 10 nitrogen and oxygen atoms in total. The van der Waals surface area contributed by atoms with E-state index in [4.69, 9.17) is 9.90 Å². The van der Waals surface area contributed by atoms with Crippen LogP contribution in [0.5, 0.6) is 0 Å². The average molecular weight is 556 g/mol. The van der Waals surface area contributed by atoms with Gasteiger partial charge < -0.3 is 30.5 Å². The number of carboxylic acids is 1. The van der Waals surface area contributed by atoms with E-state index < -0.39 is 36.2 Å². The minimum Gasteiger partial charge on any atom is -0.475 e. The van der Waals surface area contributed by atoms with E-state index in [9.17, 15) is 31.5 Å². The van der Waals surface area contributed by atoms with E-state index in [1.54, 1.807) is 6.07 Å². The predicted octanol–water partition coefficient (Wildman–Crippen LogP) is 3.77. The molecule has 1 fully saturated rings. The first-order valence-electron chi connectivity index (χ1n) is 11.5. The molecule has 2 amide bonds. The fraction of sp³-hybridized carbons (Fsp3) is 0.333. The topological polar surface area (TPSA) is 131 Å². The molecule has 2 heterocycles. The summed E-state index contributed by atoms with van der Waals surface area (Å²) in [5.74, 6) is -4.89. The van der Waals surface area contributed by atoms with Gasteiger partial charge in [0.1, 0.15) is 0 Å². The van der Waals surface area contributed by atoms with Crippen LogP contribution >= 0.6 is 0 Å². The molecule has 1 saturated heterocycles. The molecule has 39 heavy (non-hydrogen) atoms. The number of hydrogen-bond donors (Lipinski definition) is 4. The van der Waals surface area contributed by atoms with Crippen molar-refractivity contribution in [2.75, 3.05) is 48.8 Å². The molecule has 2 aromatic carbocycles. The second kappa shape index (κ2) is 12.1. The van der Waals surface area contributed by atoms with Gasteiger partial charge in [0.05, 0.1) is 11.0 Å². The number of fused-ring (bicyclic) bond motifs is 1. The number of likely N-dealkylation sites (N-methyl/N-ethyl adjacent to an activating group) is 1. The van der Waals surface area contributed by atoms with E-state index in [1.807, 2.05) is 19.1 Å². The lowest BCUT2D eigenvalue weighted by atomic mass is 10.1. The van der Waals surface area contributed by atoms with Gasteiger partial charge in [-0.3, -0.25) is 9.59 Å². The summed E-state index contributed by atoms with van der Waals surface area (Å²) in [6.07, 6.45) is -7.81. The number of aromatic amines is 1. The summed E-state index contributed by atoms with van der Waals surface area (Å²) in [6, 6.07) is 10.00. The van der Waals surface area contributed by atoms with Gasteiger partial charge in [0.15, 0.2) is 5.82 Å². The minimum atomic E-state index is -5.08.